The minimum Gasteiger partial charge on any atom is -0.466 e. The predicted molar refractivity (Wildman–Crippen MR) is 264 cm³/mol. The first-order valence-electron chi connectivity index (χ1n) is 26.4. The number of esters is 1. The number of aliphatic hydroxyl groups excluding tert-OH is 2. The van der Waals surface area contributed by atoms with E-state index in [-0.39, 0.29) is 18.5 Å². The molecule has 0 radical (unpaired) electrons. The van der Waals surface area contributed by atoms with Gasteiger partial charge in [-0.1, -0.05) is 223 Å². The van der Waals surface area contributed by atoms with Crippen molar-refractivity contribution in [1.29, 1.82) is 0 Å². The molecule has 0 aliphatic carbocycles. The van der Waals surface area contributed by atoms with Gasteiger partial charge in [0.1, 0.15) is 0 Å². The Hall–Kier alpha value is -2.18. The Labute approximate surface area is 378 Å². The summed E-state index contributed by atoms with van der Waals surface area (Å²) in [4.78, 5) is 24.4. The zero-order valence-electron chi connectivity index (χ0n) is 40.4. The molecule has 0 heterocycles. The van der Waals surface area contributed by atoms with Crippen LogP contribution in [0.1, 0.15) is 264 Å². The molecule has 0 spiro atoms. The van der Waals surface area contributed by atoms with Gasteiger partial charge in [-0.2, -0.15) is 0 Å². The van der Waals surface area contributed by atoms with E-state index in [1.54, 1.807) is 6.08 Å². The number of allylic oxidation sites excluding steroid dienone is 7. The van der Waals surface area contributed by atoms with Crippen LogP contribution in [-0.4, -0.2) is 47.4 Å². The maximum atomic E-state index is 12.4. The van der Waals surface area contributed by atoms with Crippen LogP contribution in [0, 0.1) is 0 Å². The van der Waals surface area contributed by atoms with Crippen molar-refractivity contribution in [2.45, 2.75) is 276 Å². The van der Waals surface area contributed by atoms with Crippen LogP contribution in [0.5, 0.6) is 0 Å². The minimum atomic E-state index is -0.880. The van der Waals surface area contributed by atoms with Crippen LogP contribution >= 0.6 is 0 Å². The fourth-order valence-corrected chi connectivity index (χ4v) is 7.74. The molecule has 1 amide bonds. The molecule has 61 heavy (non-hydrogen) atoms. The second-order valence-corrected chi connectivity index (χ2v) is 17.8. The highest BCUT2D eigenvalue weighted by molar-refractivity contribution is 5.76. The van der Waals surface area contributed by atoms with Crippen LogP contribution in [0.2, 0.25) is 0 Å². The third kappa shape index (κ3) is 47.1. The molecule has 0 aliphatic rings. The summed E-state index contributed by atoms with van der Waals surface area (Å²) in [5.41, 5.74) is 0. The van der Waals surface area contributed by atoms with Gasteiger partial charge < -0.3 is 20.3 Å². The van der Waals surface area contributed by atoms with E-state index in [2.05, 4.69) is 49.5 Å². The quantitative estimate of drug-likeness (QED) is 0.0322. The first-order valence-corrected chi connectivity index (χ1v) is 26.4. The van der Waals surface area contributed by atoms with Gasteiger partial charge in [-0.05, 0) is 77.0 Å². The molecule has 3 N–H and O–H groups in total. The fourth-order valence-electron chi connectivity index (χ4n) is 7.74. The topological polar surface area (TPSA) is 95.9 Å². The third-order valence-electron chi connectivity index (χ3n) is 11.8. The maximum Gasteiger partial charge on any atom is 0.305 e. The molecule has 0 saturated carbocycles. The number of unbranched alkanes of at least 4 members (excludes halogenated alkanes) is 31. The normalized spacial score (nSPS) is 13.0. The van der Waals surface area contributed by atoms with E-state index in [1.807, 2.05) is 12.2 Å². The Bertz CT molecular complexity index is 1040. The number of hydrogen-bond acceptors (Lipinski definition) is 5. The molecular formula is C55H101NO5. The Kier molecular flexibility index (Phi) is 48.7. The highest BCUT2D eigenvalue weighted by Crippen LogP contribution is 2.15. The van der Waals surface area contributed by atoms with Crippen LogP contribution in [0.4, 0.5) is 0 Å². The van der Waals surface area contributed by atoms with Crippen molar-refractivity contribution >= 4 is 11.9 Å². The molecule has 0 fully saturated rings. The van der Waals surface area contributed by atoms with Crippen molar-refractivity contribution in [3.8, 4) is 0 Å². The van der Waals surface area contributed by atoms with Gasteiger partial charge in [0.05, 0.1) is 25.4 Å². The summed E-state index contributed by atoms with van der Waals surface area (Å²) in [6.07, 6.45) is 62.7. The van der Waals surface area contributed by atoms with Crippen LogP contribution in [0.15, 0.2) is 48.6 Å². The van der Waals surface area contributed by atoms with Crippen LogP contribution in [-0.2, 0) is 14.3 Å². The number of carbonyl (C=O) groups excluding carboxylic acids is 2. The van der Waals surface area contributed by atoms with Gasteiger partial charge in [0.25, 0.3) is 0 Å². The van der Waals surface area contributed by atoms with E-state index in [4.69, 9.17) is 4.74 Å². The lowest BCUT2D eigenvalue weighted by molar-refractivity contribution is -0.143. The lowest BCUT2D eigenvalue weighted by Gasteiger charge is -2.19. The molecular weight excluding hydrogens is 755 g/mol. The molecule has 0 bridgehead atoms. The molecule has 2 unspecified atom stereocenters. The minimum absolute atomic E-state index is 0.0271. The Morgan fingerprint density at radius 3 is 1.30 bits per heavy atom. The monoisotopic (exact) mass is 856 g/mol. The molecule has 356 valence electrons. The van der Waals surface area contributed by atoms with E-state index in [9.17, 15) is 19.8 Å². The number of rotatable bonds is 48. The first kappa shape index (κ1) is 58.8. The van der Waals surface area contributed by atoms with Gasteiger partial charge in [-0.25, -0.2) is 0 Å². The van der Waals surface area contributed by atoms with Gasteiger partial charge in [0, 0.05) is 12.8 Å². The molecule has 0 aromatic carbocycles. The van der Waals surface area contributed by atoms with Gasteiger partial charge in [0.2, 0.25) is 5.91 Å². The van der Waals surface area contributed by atoms with E-state index in [0.29, 0.717) is 25.9 Å². The Morgan fingerprint density at radius 1 is 0.459 bits per heavy atom. The SMILES string of the molecule is CCCCCCCC/C=C\CCCCCCCC(=O)OCCCCCCCC/C=C\C/C=C\CCC(=O)NC(CO)C(O)/C=C/CCCCCCCCCCCCCCCC. The summed E-state index contributed by atoms with van der Waals surface area (Å²) in [7, 11) is 0. The highest BCUT2D eigenvalue weighted by Gasteiger charge is 2.17. The molecule has 0 aliphatic heterocycles. The smallest absolute Gasteiger partial charge is 0.305 e. The van der Waals surface area contributed by atoms with Crippen molar-refractivity contribution in [2.24, 2.45) is 0 Å². The van der Waals surface area contributed by atoms with E-state index >= 15 is 0 Å². The molecule has 6 nitrogen and oxygen atoms in total. The Balaban J connectivity index is 3.60. The number of nitrogens with one attached hydrogen (secondary N) is 1. The number of carbonyl (C=O) groups is 2. The standard InChI is InChI=1S/C55H101NO5/c1-3-5-7-9-11-13-15-17-19-21-23-27-31-35-39-43-47-53(58)52(51-57)56-54(59)48-44-40-36-32-28-24-22-26-30-34-38-42-46-50-61-55(60)49-45-41-37-33-29-25-20-18-16-14-12-10-8-6-4-2/h18,20,24,28,36,40,43,47,52-53,57-58H,3-17,19,21-23,25-27,29-35,37-39,41-42,44-46,48-51H2,1-2H3,(H,56,59)/b20-18-,28-24-,40-36-,47-43+. The Morgan fingerprint density at radius 2 is 0.836 bits per heavy atom. The van der Waals surface area contributed by atoms with Crippen molar-refractivity contribution < 1.29 is 24.5 Å². The zero-order valence-corrected chi connectivity index (χ0v) is 40.4. The van der Waals surface area contributed by atoms with E-state index < -0.39 is 12.1 Å². The van der Waals surface area contributed by atoms with Crippen molar-refractivity contribution in [3.05, 3.63) is 48.6 Å². The molecule has 0 aromatic rings. The molecule has 0 aromatic heterocycles. The molecule has 0 rings (SSSR count). The second-order valence-electron chi connectivity index (χ2n) is 17.8. The number of aliphatic hydroxyl groups is 2. The van der Waals surface area contributed by atoms with Crippen LogP contribution < -0.4 is 5.32 Å². The van der Waals surface area contributed by atoms with Crippen molar-refractivity contribution in [3.63, 3.8) is 0 Å². The summed E-state index contributed by atoms with van der Waals surface area (Å²) < 4.78 is 5.45. The average molecular weight is 856 g/mol. The zero-order chi connectivity index (χ0) is 44.4. The average Bonchev–Trinajstić information content (AvgIpc) is 3.26. The molecule has 6 heteroatoms. The summed E-state index contributed by atoms with van der Waals surface area (Å²) in [6, 6.07) is -0.673. The predicted octanol–water partition coefficient (Wildman–Crippen LogP) is 15.8. The second kappa shape index (κ2) is 50.5. The molecule has 0 saturated heterocycles. The number of ether oxygens (including phenoxy) is 1. The van der Waals surface area contributed by atoms with Crippen molar-refractivity contribution in [2.75, 3.05) is 13.2 Å². The maximum absolute atomic E-state index is 12.4. The number of amides is 1. The van der Waals surface area contributed by atoms with Gasteiger partial charge in [0.15, 0.2) is 0 Å². The molecule has 2 atom stereocenters. The lowest BCUT2D eigenvalue weighted by atomic mass is 10.0. The third-order valence-corrected chi connectivity index (χ3v) is 11.8. The largest absolute Gasteiger partial charge is 0.466 e. The van der Waals surface area contributed by atoms with E-state index in [0.717, 1.165) is 51.4 Å². The summed E-state index contributed by atoms with van der Waals surface area (Å²) >= 11 is 0. The summed E-state index contributed by atoms with van der Waals surface area (Å²) in [5, 5.41) is 23.0. The van der Waals surface area contributed by atoms with Gasteiger partial charge >= 0.3 is 5.97 Å². The van der Waals surface area contributed by atoms with E-state index in [1.165, 1.54) is 180 Å². The first-order chi connectivity index (χ1) is 30.0. The van der Waals surface area contributed by atoms with Crippen molar-refractivity contribution in [1.82, 2.24) is 5.32 Å². The van der Waals surface area contributed by atoms with Gasteiger partial charge in [-0.15, -0.1) is 0 Å². The highest BCUT2D eigenvalue weighted by atomic mass is 16.5. The van der Waals surface area contributed by atoms with Crippen LogP contribution in [0.3, 0.4) is 0 Å². The summed E-state index contributed by atoms with van der Waals surface area (Å²) in [5.74, 6) is -0.176. The lowest BCUT2D eigenvalue weighted by Crippen LogP contribution is -2.45. The van der Waals surface area contributed by atoms with Gasteiger partial charge in [-0.3, -0.25) is 9.59 Å². The van der Waals surface area contributed by atoms with Crippen LogP contribution in [0.25, 0.3) is 0 Å². The summed E-state index contributed by atoms with van der Waals surface area (Å²) in [6.45, 7) is 4.82. The number of hydrogen-bond donors (Lipinski definition) is 3. The fraction of sp³-hybridized carbons (Fsp3) is 0.818.